The number of halogens is 1. The summed E-state index contributed by atoms with van der Waals surface area (Å²) in [6.45, 7) is 0. The van der Waals surface area contributed by atoms with Gasteiger partial charge in [0.05, 0.1) is 11.9 Å². The van der Waals surface area contributed by atoms with Crippen molar-refractivity contribution in [3.05, 3.63) is 29.5 Å². The third-order valence-corrected chi connectivity index (χ3v) is 3.17. The quantitative estimate of drug-likeness (QED) is 0.888. The molecule has 3 rings (SSSR count). The van der Waals surface area contributed by atoms with Gasteiger partial charge in [-0.3, -0.25) is 4.98 Å². The van der Waals surface area contributed by atoms with E-state index in [0.717, 1.165) is 10.8 Å². The molecule has 1 aliphatic carbocycles. The first-order valence-electron chi connectivity index (χ1n) is 5.15. The Bertz CT molecular complexity index is 490. The number of aromatic nitrogens is 2. The van der Waals surface area contributed by atoms with Gasteiger partial charge in [0.15, 0.2) is 5.13 Å². The largest absolute Gasteiger partial charge is 0.359 e. The van der Waals surface area contributed by atoms with Gasteiger partial charge in [0.25, 0.3) is 0 Å². The van der Waals surface area contributed by atoms with E-state index in [1.54, 1.807) is 17.4 Å². The fourth-order valence-corrected chi connectivity index (χ4v) is 2.17. The highest BCUT2D eigenvalue weighted by Gasteiger charge is 2.22. The van der Waals surface area contributed by atoms with Gasteiger partial charge in [0.2, 0.25) is 0 Å². The Kier molecular flexibility index (Phi) is 2.32. The predicted molar refractivity (Wildman–Crippen MR) is 61.9 cm³/mol. The second-order valence-electron chi connectivity index (χ2n) is 3.82. The average molecular weight is 235 g/mol. The Balaban J connectivity index is 1.82. The molecule has 1 aliphatic rings. The molecule has 2 heterocycles. The molecule has 2 aromatic heterocycles. The molecule has 1 N–H and O–H groups in total. The lowest BCUT2D eigenvalue weighted by Gasteiger charge is -1.97. The molecule has 0 radical (unpaired) electrons. The zero-order valence-electron chi connectivity index (χ0n) is 8.48. The van der Waals surface area contributed by atoms with Crippen molar-refractivity contribution in [2.75, 3.05) is 5.32 Å². The van der Waals surface area contributed by atoms with E-state index >= 15 is 0 Å². The van der Waals surface area contributed by atoms with Crippen molar-refractivity contribution in [2.45, 2.75) is 18.9 Å². The first-order valence-corrected chi connectivity index (χ1v) is 6.03. The van der Waals surface area contributed by atoms with Crippen molar-refractivity contribution < 1.29 is 4.39 Å². The number of nitrogens with zero attached hydrogens (tertiary/aromatic N) is 2. The Labute approximate surface area is 96.4 Å². The number of hydrogen-bond donors (Lipinski definition) is 1. The summed E-state index contributed by atoms with van der Waals surface area (Å²) in [5.74, 6) is -0.324. The van der Waals surface area contributed by atoms with E-state index in [-0.39, 0.29) is 5.82 Å². The van der Waals surface area contributed by atoms with Gasteiger partial charge in [0.1, 0.15) is 11.5 Å². The van der Waals surface area contributed by atoms with E-state index in [2.05, 4.69) is 15.3 Å². The van der Waals surface area contributed by atoms with E-state index in [1.165, 1.54) is 25.1 Å². The zero-order valence-corrected chi connectivity index (χ0v) is 9.30. The molecule has 0 unspecified atom stereocenters. The first kappa shape index (κ1) is 9.72. The van der Waals surface area contributed by atoms with E-state index < -0.39 is 0 Å². The predicted octanol–water partition coefficient (Wildman–Crippen LogP) is 2.92. The summed E-state index contributed by atoms with van der Waals surface area (Å²) in [6, 6.07) is 3.64. The Hall–Kier alpha value is -1.49. The Morgan fingerprint density at radius 2 is 2.19 bits per heavy atom. The molecule has 16 heavy (non-hydrogen) atoms. The highest BCUT2D eigenvalue weighted by atomic mass is 32.1. The van der Waals surface area contributed by atoms with Crippen molar-refractivity contribution in [1.82, 2.24) is 9.97 Å². The molecule has 0 amide bonds. The van der Waals surface area contributed by atoms with Gasteiger partial charge in [-0.15, -0.1) is 11.3 Å². The fourth-order valence-electron chi connectivity index (χ4n) is 1.39. The molecule has 0 aromatic carbocycles. The van der Waals surface area contributed by atoms with Crippen LogP contribution in [0, 0.1) is 5.82 Å². The molecule has 1 saturated carbocycles. The SMILES string of the molecule is Fc1ccc(-c2csc(NC3CC3)n2)nc1. The Morgan fingerprint density at radius 1 is 1.31 bits per heavy atom. The molecule has 1 fully saturated rings. The molecule has 0 aliphatic heterocycles. The van der Waals surface area contributed by atoms with Gasteiger partial charge in [-0.2, -0.15) is 0 Å². The standard InChI is InChI=1S/C11H10FN3S/c12-7-1-4-9(13-5-7)10-6-16-11(15-10)14-8-2-3-8/h1,4-6,8H,2-3H2,(H,14,15). The van der Waals surface area contributed by atoms with Crippen LogP contribution in [0.5, 0.6) is 0 Å². The third-order valence-electron chi connectivity index (χ3n) is 2.40. The minimum atomic E-state index is -0.324. The number of rotatable bonds is 3. The molecule has 5 heteroatoms. The van der Waals surface area contributed by atoms with Crippen LogP contribution in [-0.2, 0) is 0 Å². The van der Waals surface area contributed by atoms with Crippen molar-refractivity contribution in [3.63, 3.8) is 0 Å². The molecule has 2 aromatic rings. The topological polar surface area (TPSA) is 37.8 Å². The molecule has 3 nitrogen and oxygen atoms in total. The minimum Gasteiger partial charge on any atom is -0.359 e. The lowest BCUT2D eigenvalue weighted by molar-refractivity contribution is 0.622. The first-order chi connectivity index (χ1) is 7.81. The average Bonchev–Trinajstić information content (AvgIpc) is 2.97. The lowest BCUT2D eigenvalue weighted by atomic mass is 10.3. The van der Waals surface area contributed by atoms with Gasteiger partial charge >= 0.3 is 0 Å². The van der Waals surface area contributed by atoms with Crippen LogP contribution in [0.25, 0.3) is 11.4 Å². The highest BCUT2D eigenvalue weighted by Crippen LogP contribution is 2.29. The molecule has 0 atom stereocenters. The van der Waals surface area contributed by atoms with Gasteiger partial charge in [0, 0.05) is 11.4 Å². The highest BCUT2D eigenvalue weighted by molar-refractivity contribution is 7.14. The van der Waals surface area contributed by atoms with Crippen molar-refractivity contribution in [3.8, 4) is 11.4 Å². The van der Waals surface area contributed by atoms with Crippen molar-refractivity contribution in [2.24, 2.45) is 0 Å². The van der Waals surface area contributed by atoms with Crippen LogP contribution in [0.2, 0.25) is 0 Å². The molecular formula is C11H10FN3S. The van der Waals surface area contributed by atoms with E-state index in [9.17, 15) is 4.39 Å². The number of hydrogen-bond acceptors (Lipinski definition) is 4. The molecular weight excluding hydrogens is 225 g/mol. The monoisotopic (exact) mass is 235 g/mol. The summed E-state index contributed by atoms with van der Waals surface area (Å²) in [5, 5.41) is 6.18. The molecule has 0 saturated heterocycles. The lowest BCUT2D eigenvalue weighted by Crippen LogP contribution is -1.99. The van der Waals surface area contributed by atoms with E-state index in [0.29, 0.717) is 11.7 Å². The van der Waals surface area contributed by atoms with Gasteiger partial charge < -0.3 is 5.32 Å². The number of nitrogens with one attached hydrogen (secondary N) is 1. The van der Waals surface area contributed by atoms with Crippen LogP contribution in [0.15, 0.2) is 23.7 Å². The van der Waals surface area contributed by atoms with Crippen LogP contribution >= 0.6 is 11.3 Å². The normalized spacial score (nSPS) is 15.1. The summed E-state index contributed by atoms with van der Waals surface area (Å²) in [7, 11) is 0. The third kappa shape index (κ3) is 2.04. The van der Waals surface area contributed by atoms with Crippen LogP contribution in [0.4, 0.5) is 9.52 Å². The summed E-state index contributed by atoms with van der Waals surface area (Å²) in [5.41, 5.74) is 1.51. The summed E-state index contributed by atoms with van der Waals surface area (Å²) in [6.07, 6.45) is 3.66. The number of pyridine rings is 1. The van der Waals surface area contributed by atoms with Crippen LogP contribution < -0.4 is 5.32 Å². The summed E-state index contributed by atoms with van der Waals surface area (Å²) in [4.78, 5) is 8.41. The van der Waals surface area contributed by atoms with E-state index in [4.69, 9.17) is 0 Å². The van der Waals surface area contributed by atoms with Crippen molar-refractivity contribution in [1.29, 1.82) is 0 Å². The molecule has 0 bridgehead atoms. The maximum absolute atomic E-state index is 12.7. The second kappa shape index (κ2) is 3.83. The van der Waals surface area contributed by atoms with Gasteiger partial charge in [-0.25, -0.2) is 9.37 Å². The number of anilines is 1. The summed E-state index contributed by atoms with van der Waals surface area (Å²) < 4.78 is 12.7. The minimum absolute atomic E-state index is 0.324. The van der Waals surface area contributed by atoms with Gasteiger partial charge in [-0.05, 0) is 25.0 Å². The van der Waals surface area contributed by atoms with E-state index in [1.807, 2.05) is 5.38 Å². The Morgan fingerprint density at radius 3 is 2.88 bits per heavy atom. The van der Waals surface area contributed by atoms with Gasteiger partial charge in [-0.1, -0.05) is 0 Å². The molecule has 0 spiro atoms. The smallest absolute Gasteiger partial charge is 0.183 e. The van der Waals surface area contributed by atoms with Crippen LogP contribution in [0.3, 0.4) is 0 Å². The number of thiazole rings is 1. The fraction of sp³-hybridized carbons (Fsp3) is 0.273. The summed E-state index contributed by atoms with van der Waals surface area (Å²) >= 11 is 1.56. The maximum Gasteiger partial charge on any atom is 0.183 e. The maximum atomic E-state index is 12.7. The molecule has 82 valence electrons. The van der Waals surface area contributed by atoms with Crippen molar-refractivity contribution >= 4 is 16.5 Å². The zero-order chi connectivity index (χ0) is 11.0. The van der Waals surface area contributed by atoms with Crippen LogP contribution in [-0.4, -0.2) is 16.0 Å². The second-order valence-corrected chi connectivity index (χ2v) is 4.68. The van der Waals surface area contributed by atoms with Crippen LogP contribution in [0.1, 0.15) is 12.8 Å².